The first-order chi connectivity index (χ1) is 11.7. The van der Waals surface area contributed by atoms with Gasteiger partial charge in [0.2, 0.25) is 0 Å². The molecule has 0 spiro atoms. The minimum absolute atomic E-state index is 0.361. The standard InChI is InChI=1S/C20H22N2O2/c1-2-19(23-14-16-9-5-3-6-10-16)20(18(22)13-21)24-15-17-11-7-4-8-12-17/h2-12,18-20H,1,14-15,22H2/t18-,19+,20+/m0/s1. The van der Waals surface area contributed by atoms with Gasteiger partial charge in [0.15, 0.2) is 0 Å². The Morgan fingerprint density at radius 2 is 1.46 bits per heavy atom. The van der Waals surface area contributed by atoms with Crippen LogP contribution in [0.1, 0.15) is 11.1 Å². The van der Waals surface area contributed by atoms with Crippen molar-refractivity contribution in [3.05, 3.63) is 84.4 Å². The number of hydrogen-bond donors (Lipinski definition) is 1. The lowest BCUT2D eigenvalue weighted by Crippen LogP contribution is -2.44. The predicted molar refractivity (Wildman–Crippen MR) is 93.8 cm³/mol. The summed E-state index contributed by atoms with van der Waals surface area (Å²) in [7, 11) is 0. The average Bonchev–Trinajstić information content (AvgIpc) is 2.65. The summed E-state index contributed by atoms with van der Waals surface area (Å²) >= 11 is 0. The highest BCUT2D eigenvalue weighted by atomic mass is 16.5. The molecule has 4 heteroatoms. The molecule has 0 aliphatic rings. The van der Waals surface area contributed by atoms with E-state index in [0.29, 0.717) is 13.2 Å². The summed E-state index contributed by atoms with van der Waals surface area (Å²) in [5.41, 5.74) is 7.96. The highest BCUT2D eigenvalue weighted by molar-refractivity contribution is 5.15. The molecule has 24 heavy (non-hydrogen) atoms. The smallest absolute Gasteiger partial charge is 0.122 e. The number of nitriles is 1. The third-order valence-corrected chi connectivity index (χ3v) is 3.63. The summed E-state index contributed by atoms with van der Waals surface area (Å²) in [6.07, 6.45) is 0.579. The molecule has 0 bridgehead atoms. The number of nitrogens with zero attached hydrogens (tertiary/aromatic N) is 1. The van der Waals surface area contributed by atoms with Crippen LogP contribution in [-0.4, -0.2) is 18.2 Å². The minimum atomic E-state index is -0.799. The lowest BCUT2D eigenvalue weighted by Gasteiger charge is -2.27. The average molecular weight is 322 g/mol. The number of nitrogens with two attached hydrogens (primary N) is 1. The van der Waals surface area contributed by atoms with Crippen LogP contribution in [0.15, 0.2) is 73.3 Å². The normalized spacial score (nSPS) is 14.3. The predicted octanol–water partition coefficient (Wildman–Crippen LogP) is 3.19. The van der Waals surface area contributed by atoms with E-state index in [1.54, 1.807) is 6.08 Å². The van der Waals surface area contributed by atoms with Gasteiger partial charge in [-0.1, -0.05) is 66.7 Å². The second kappa shape index (κ2) is 9.64. The van der Waals surface area contributed by atoms with Gasteiger partial charge in [-0.3, -0.25) is 0 Å². The summed E-state index contributed by atoms with van der Waals surface area (Å²) < 4.78 is 11.8. The fourth-order valence-electron chi connectivity index (χ4n) is 2.31. The Morgan fingerprint density at radius 3 is 1.92 bits per heavy atom. The topological polar surface area (TPSA) is 68.3 Å². The molecule has 0 amide bonds. The molecule has 3 atom stereocenters. The second-order valence-electron chi connectivity index (χ2n) is 5.41. The van der Waals surface area contributed by atoms with Crippen LogP contribution in [0.4, 0.5) is 0 Å². The fourth-order valence-corrected chi connectivity index (χ4v) is 2.31. The van der Waals surface area contributed by atoms with Crippen molar-refractivity contribution in [1.29, 1.82) is 5.26 Å². The van der Waals surface area contributed by atoms with Gasteiger partial charge in [0.05, 0.1) is 19.3 Å². The van der Waals surface area contributed by atoms with Crippen LogP contribution in [0.5, 0.6) is 0 Å². The van der Waals surface area contributed by atoms with Crippen molar-refractivity contribution in [2.45, 2.75) is 31.5 Å². The van der Waals surface area contributed by atoms with E-state index in [0.717, 1.165) is 11.1 Å². The van der Waals surface area contributed by atoms with E-state index >= 15 is 0 Å². The molecule has 124 valence electrons. The van der Waals surface area contributed by atoms with Gasteiger partial charge in [-0.2, -0.15) is 5.26 Å². The third kappa shape index (κ3) is 5.32. The van der Waals surface area contributed by atoms with Crippen molar-refractivity contribution < 1.29 is 9.47 Å². The van der Waals surface area contributed by atoms with Gasteiger partial charge in [-0.15, -0.1) is 6.58 Å². The zero-order chi connectivity index (χ0) is 17.2. The molecule has 2 N–H and O–H groups in total. The zero-order valence-electron chi connectivity index (χ0n) is 13.5. The molecule has 2 aromatic rings. The largest absolute Gasteiger partial charge is 0.368 e. The first-order valence-electron chi connectivity index (χ1n) is 7.83. The SMILES string of the molecule is C=C[C@@H](OCc1ccccc1)[C@H](OCc1ccccc1)[C@@H](N)C#N. The molecule has 0 aliphatic carbocycles. The first-order valence-corrected chi connectivity index (χ1v) is 7.83. The minimum Gasteiger partial charge on any atom is -0.368 e. The van der Waals surface area contributed by atoms with Gasteiger partial charge in [-0.05, 0) is 11.1 Å². The Balaban J connectivity index is 2.01. The monoisotopic (exact) mass is 322 g/mol. The van der Waals surface area contributed by atoms with Gasteiger partial charge >= 0.3 is 0 Å². The molecule has 4 nitrogen and oxygen atoms in total. The van der Waals surface area contributed by atoms with Gasteiger partial charge in [0.1, 0.15) is 18.2 Å². The molecule has 0 fully saturated rings. The summed E-state index contributed by atoms with van der Waals surface area (Å²) in [6.45, 7) is 4.56. The highest BCUT2D eigenvalue weighted by Crippen LogP contribution is 2.14. The molecule has 2 aromatic carbocycles. The van der Waals surface area contributed by atoms with Crippen molar-refractivity contribution in [1.82, 2.24) is 0 Å². The maximum atomic E-state index is 9.19. The van der Waals surface area contributed by atoms with Crippen LogP contribution in [-0.2, 0) is 22.7 Å². The van der Waals surface area contributed by atoms with Crippen molar-refractivity contribution in [2.75, 3.05) is 0 Å². The molecule has 2 rings (SSSR count). The van der Waals surface area contributed by atoms with Crippen molar-refractivity contribution in [3.63, 3.8) is 0 Å². The van der Waals surface area contributed by atoms with Crippen LogP contribution >= 0.6 is 0 Å². The molecule has 0 saturated heterocycles. The number of hydrogen-bond acceptors (Lipinski definition) is 4. The van der Waals surface area contributed by atoms with Crippen LogP contribution in [0.2, 0.25) is 0 Å². The van der Waals surface area contributed by atoms with Gasteiger partial charge in [0.25, 0.3) is 0 Å². The lowest BCUT2D eigenvalue weighted by molar-refractivity contribution is -0.0681. The molecule has 0 aliphatic heterocycles. The molecule has 0 radical (unpaired) electrons. The molecule has 0 unspecified atom stereocenters. The van der Waals surface area contributed by atoms with Crippen LogP contribution < -0.4 is 5.73 Å². The van der Waals surface area contributed by atoms with E-state index in [1.165, 1.54) is 0 Å². The first kappa shape index (κ1) is 17.9. The van der Waals surface area contributed by atoms with Gasteiger partial charge < -0.3 is 15.2 Å². The Labute approximate surface area is 143 Å². The van der Waals surface area contributed by atoms with Crippen molar-refractivity contribution in [3.8, 4) is 6.07 Å². The summed E-state index contributed by atoms with van der Waals surface area (Å²) in [4.78, 5) is 0. The van der Waals surface area contributed by atoms with Crippen LogP contribution in [0, 0.1) is 11.3 Å². The van der Waals surface area contributed by atoms with Gasteiger partial charge in [-0.25, -0.2) is 0 Å². The van der Waals surface area contributed by atoms with E-state index in [2.05, 4.69) is 6.58 Å². The molecule has 0 aromatic heterocycles. The van der Waals surface area contributed by atoms with Crippen LogP contribution in [0.3, 0.4) is 0 Å². The molecular weight excluding hydrogens is 300 g/mol. The van der Waals surface area contributed by atoms with E-state index in [4.69, 9.17) is 15.2 Å². The number of rotatable bonds is 9. The maximum Gasteiger partial charge on any atom is 0.122 e. The van der Waals surface area contributed by atoms with E-state index < -0.39 is 18.2 Å². The van der Waals surface area contributed by atoms with Crippen molar-refractivity contribution in [2.24, 2.45) is 5.73 Å². The molecular formula is C20H22N2O2. The van der Waals surface area contributed by atoms with Crippen molar-refractivity contribution >= 4 is 0 Å². The van der Waals surface area contributed by atoms with E-state index in [9.17, 15) is 5.26 Å². The fraction of sp³-hybridized carbons (Fsp3) is 0.250. The maximum absolute atomic E-state index is 9.19. The number of benzene rings is 2. The molecule has 0 heterocycles. The van der Waals surface area contributed by atoms with E-state index in [-0.39, 0.29) is 0 Å². The second-order valence-corrected chi connectivity index (χ2v) is 5.41. The molecule has 0 saturated carbocycles. The Kier molecular flexibility index (Phi) is 7.19. The zero-order valence-corrected chi connectivity index (χ0v) is 13.5. The Hall–Kier alpha value is -2.45. The lowest BCUT2D eigenvalue weighted by atomic mass is 10.1. The quantitative estimate of drug-likeness (QED) is 0.720. The van der Waals surface area contributed by atoms with Crippen LogP contribution in [0.25, 0.3) is 0 Å². The Bertz CT molecular complexity index is 652. The third-order valence-electron chi connectivity index (χ3n) is 3.63. The van der Waals surface area contributed by atoms with Gasteiger partial charge in [0, 0.05) is 0 Å². The highest BCUT2D eigenvalue weighted by Gasteiger charge is 2.27. The summed E-state index contributed by atoms with van der Waals surface area (Å²) in [5.74, 6) is 0. The summed E-state index contributed by atoms with van der Waals surface area (Å²) in [6, 6.07) is 20.8. The van der Waals surface area contributed by atoms with E-state index in [1.807, 2.05) is 66.7 Å². The summed E-state index contributed by atoms with van der Waals surface area (Å²) in [5, 5.41) is 9.19. The Morgan fingerprint density at radius 1 is 0.958 bits per heavy atom. The number of ether oxygens (including phenoxy) is 2.